The van der Waals surface area contributed by atoms with E-state index in [1.54, 1.807) is 0 Å². The van der Waals surface area contributed by atoms with Crippen LogP contribution in [0.15, 0.2) is 60.7 Å². The Kier molecular flexibility index (Phi) is 5.33. The zero-order valence-corrected chi connectivity index (χ0v) is 12.1. The van der Waals surface area contributed by atoms with E-state index in [2.05, 4.69) is 48.5 Å². The Morgan fingerprint density at radius 2 is 1.30 bits per heavy atom. The molecule has 0 aliphatic heterocycles. The van der Waals surface area contributed by atoms with Crippen molar-refractivity contribution in [3.05, 3.63) is 71.8 Å². The molecule has 0 unspecified atom stereocenters. The van der Waals surface area contributed by atoms with Gasteiger partial charge in [0.25, 0.3) is 0 Å². The first kappa shape index (κ1) is 14.8. The number of hydrogen-bond donors (Lipinski definition) is 1. The lowest BCUT2D eigenvalue weighted by Gasteiger charge is -2.33. The second-order valence-electron chi connectivity index (χ2n) is 5.14. The van der Waals surface area contributed by atoms with Crippen molar-refractivity contribution in [2.45, 2.75) is 25.4 Å². The van der Waals surface area contributed by atoms with Crippen molar-refractivity contribution in [3.8, 4) is 0 Å². The lowest BCUT2D eigenvalue weighted by atomic mass is 9.87. The monoisotopic (exact) mass is 269 g/mol. The molecule has 0 atom stereocenters. The van der Waals surface area contributed by atoms with Crippen molar-refractivity contribution in [3.63, 3.8) is 0 Å². The van der Waals surface area contributed by atoms with E-state index in [0.717, 1.165) is 12.8 Å². The first-order valence-electron chi connectivity index (χ1n) is 7.20. The maximum Gasteiger partial charge on any atom is 0.0884 e. The summed E-state index contributed by atoms with van der Waals surface area (Å²) in [6.45, 7) is 3.22. The molecule has 106 valence electrons. The van der Waals surface area contributed by atoms with Gasteiger partial charge in [0.1, 0.15) is 0 Å². The molecule has 0 radical (unpaired) electrons. The number of rotatable bonds is 7. The van der Waals surface area contributed by atoms with Crippen LogP contribution in [0.3, 0.4) is 0 Å². The van der Waals surface area contributed by atoms with Gasteiger partial charge in [0.15, 0.2) is 0 Å². The molecule has 0 heterocycles. The van der Waals surface area contributed by atoms with Crippen molar-refractivity contribution in [1.82, 2.24) is 0 Å². The summed E-state index contributed by atoms with van der Waals surface area (Å²) < 4.78 is 6.06. The predicted octanol–water partition coefficient (Wildman–Crippen LogP) is 3.21. The molecule has 0 amide bonds. The molecule has 2 N–H and O–H groups in total. The zero-order valence-electron chi connectivity index (χ0n) is 12.1. The van der Waals surface area contributed by atoms with Crippen LogP contribution in [0.25, 0.3) is 0 Å². The van der Waals surface area contributed by atoms with E-state index in [0.29, 0.717) is 13.2 Å². The van der Waals surface area contributed by atoms with Crippen LogP contribution in [0.4, 0.5) is 0 Å². The first-order chi connectivity index (χ1) is 9.78. The average Bonchev–Trinajstić information content (AvgIpc) is 2.49. The molecule has 0 aromatic heterocycles. The quantitative estimate of drug-likeness (QED) is 0.837. The maximum absolute atomic E-state index is 6.06. The van der Waals surface area contributed by atoms with Crippen molar-refractivity contribution >= 4 is 0 Å². The standard InChI is InChI=1S/C18H23NO/c1-2-20-18(15-19,13-16-9-5-3-6-10-16)14-17-11-7-4-8-12-17/h3-12H,2,13-15,19H2,1H3. The third-order valence-electron chi connectivity index (χ3n) is 3.56. The van der Waals surface area contributed by atoms with Gasteiger partial charge in [0, 0.05) is 26.0 Å². The van der Waals surface area contributed by atoms with E-state index in [1.807, 2.05) is 19.1 Å². The Morgan fingerprint density at radius 1 is 0.850 bits per heavy atom. The Labute approximate surface area is 121 Å². The second-order valence-corrected chi connectivity index (χ2v) is 5.14. The molecular formula is C18H23NO. The molecule has 0 spiro atoms. The second kappa shape index (κ2) is 7.22. The first-order valence-corrected chi connectivity index (χ1v) is 7.20. The average molecular weight is 269 g/mol. The Morgan fingerprint density at radius 3 is 1.65 bits per heavy atom. The third kappa shape index (κ3) is 3.92. The van der Waals surface area contributed by atoms with Crippen LogP contribution >= 0.6 is 0 Å². The van der Waals surface area contributed by atoms with Crippen molar-refractivity contribution in [2.24, 2.45) is 5.73 Å². The molecule has 2 rings (SSSR count). The van der Waals surface area contributed by atoms with Gasteiger partial charge in [0.2, 0.25) is 0 Å². The highest BCUT2D eigenvalue weighted by atomic mass is 16.5. The van der Waals surface area contributed by atoms with Gasteiger partial charge in [-0.15, -0.1) is 0 Å². The highest BCUT2D eigenvalue weighted by molar-refractivity contribution is 5.22. The van der Waals surface area contributed by atoms with Crippen LogP contribution in [0.5, 0.6) is 0 Å². The highest BCUT2D eigenvalue weighted by Crippen LogP contribution is 2.22. The minimum Gasteiger partial charge on any atom is -0.373 e. The van der Waals surface area contributed by atoms with Gasteiger partial charge in [0.05, 0.1) is 5.60 Å². The van der Waals surface area contributed by atoms with E-state index >= 15 is 0 Å². The normalized spacial score (nSPS) is 11.5. The molecule has 2 heteroatoms. The lowest BCUT2D eigenvalue weighted by molar-refractivity contribution is -0.0316. The van der Waals surface area contributed by atoms with E-state index in [4.69, 9.17) is 10.5 Å². The van der Waals surface area contributed by atoms with Crippen molar-refractivity contribution < 1.29 is 4.74 Å². The number of hydrogen-bond acceptors (Lipinski definition) is 2. The summed E-state index contributed by atoms with van der Waals surface area (Å²) in [6, 6.07) is 20.8. The minimum atomic E-state index is -0.322. The van der Waals surface area contributed by atoms with Gasteiger partial charge in [-0.05, 0) is 18.1 Å². The largest absolute Gasteiger partial charge is 0.373 e. The van der Waals surface area contributed by atoms with Crippen LogP contribution in [-0.2, 0) is 17.6 Å². The van der Waals surface area contributed by atoms with Gasteiger partial charge in [-0.25, -0.2) is 0 Å². The number of benzene rings is 2. The smallest absolute Gasteiger partial charge is 0.0884 e. The summed E-state index contributed by atoms with van der Waals surface area (Å²) in [7, 11) is 0. The van der Waals surface area contributed by atoms with Crippen LogP contribution in [0, 0.1) is 0 Å². The van der Waals surface area contributed by atoms with E-state index in [9.17, 15) is 0 Å². The molecule has 0 aliphatic rings. The number of ether oxygens (including phenoxy) is 1. The summed E-state index contributed by atoms with van der Waals surface area (Å²) in [5.41, 5.74) is 8.27. The Balaban J connectivity index is 2.20. The van der Waals surface area contributed by atoms with Gasteiger partial charge < -0.3 is 10.5 Å². The molecule has 2 aromatic rings. The van der Waals surface area contributed by atoms with Gasteiger partial charge >= 0.3 is 0 Å². The fourth-order valence-corrected chi connectivity index (χ4v) is 2.61. The topological polar surface area (TPSA) is 35.2 Å². The fourth-order valence-electron chi connectivity index (χ4n) is 2.61. The molecule has 0 saturated heterocycles. The molecule has 0 fully saturated rings. The molecule has 0 saturated carbocycles. The molecule has 2 aromatic carbocycles. The predicted molar refractivity (Wildman–Crippen MR) is 83.7 cm³/mol. The van der Waals surface area contributed by atoms with Gasteiger partial charge in [-0.3, -0.25) is 0 Å². The molecular weight excluding hydrogens is 246 g/mol. The molecule has 0 bridgehead atoms. The number of nitrogens with two attached hydrogens (primary N) is 1. The summed E-state index contributed by atoms with van der Waals surface area (Å²) >= 11 is 0. The van der Waals surface area contributed by atoms with Gasteiger partial charge in [-0.1, -0.05) is 60.7 Å². The minimum absolute atomic E-state index is 0.322. The fraction of sp³-hybridized carbons (Fsp3) is 0.333. The molecule has 0 aliphatic carbocycles. The van der Waals surface area contributed by atoms with Crippen molar-refractivity contribution in [2.75, 3.05) is 13.2 Å². The van der Waals surface area contributed by atoms with Crippen molar-refractivity contribution in [1.29, 1.82) is 0 Å². The van der Waals surface area contributed by atoms with Crippen LogP contribution in [0.2, 0.25) is 0 Å². The summed E-state index contributed by atoms with van der Waals surface area (Å²) in [5, 5.41) is 0. The van der Waals surface area contributed by atoms with E-state index in [-0.39, 0.29) is 5.60 Å². The summed E-state index contributed by atoms with van der Waals surface area (Å²) in [4.78, 5) is 0. The molecule has 2 nitrogen and oxygen atoms in total. The Hall–Kier alpha value is -1.64. The van der Waals surface area contributed by atoms with Crippen LogP contribution < -0.4 is 5.73 Å². The SMILES string of the molecule is CCOC(CN)(Cc1ccccc1)Cc1ccccc1. The van der Waals surface area contributed by atoms with Gasteiger partial charge in [-0.2, -0.15) is 0 Å². The Bertz CT molecular complexity index is 454. The van der Waals surface area contributed by atoms with Crippen LogP contribution in [0.1, 0.15) is 18.1 Å². The lowest BCUT2D eigenvalue weighted by Crippen LogP contribution is -2.45. The maximum atomic E-state index is 6.06. The summed E-state index contributed by atoms with van der Waals surface area (Å²) in [5.74, 6) is 0. The molecule has 20 heavy (non-hydrogen) atoms. The van der Waals surface area contributed by atoms with E-state index in [1.165, 1.54) is 11.1 Å². The summed E-state index contributed by atoms with van der Waals surface area (Å²) in [6.07, 6.45) is 1.68. The highest BCUT2D eigenvalue weighted by Gasteiger charge is 2.29. The zero-order chi connectivity index (χ0) is 14.3. The van der Waals surface area contributed by atoms with Crippen LogP contribution in [-0.4, -0.2) is 18.8 Å². The third-order valence-corrected chi connectivity index (χ3v) is 3.56. The van der Waals surface area contributed by atoms with E-state index < -0.39 is 0 Å².